The third kappa shape index (κ3) is 4.50. The van der Waals surface area contributed by atoms with Crippen LogP contribution in [-0.4, -0.2) is 63.3 Å². The van der Waals surface area contributed by atoms with Crippen LogP contribution in [0.3, 0.4) is 0 Å². The second-order valence-electron chi connectivity index (χ2n) is 6.14. The van der Waals surface area contributed by atoms with Gasteiger partial charge in [0.2, 0.25) is 5.91 Å². The number of benzene rings is 1. The Bertz CT molecular complexity index is 927. The zero-order valence-electron chi connectivity index (χ0n) is 14.6. The van der Waals surface area contributed by atoms with E-state index in [2.05, 4.69) is 15.9 Å². The molecule has 6 nitrogen and oxygen atoms in total. The molecule has 0 saturated carbocycles. The Kier molecular flexibility index (Phi) is 6.19. The zero-order valence-corrected chi connectivity index (χ0v) is 17.9. The summed E-state index contributed by atoms with van der Waals surface area (Å²) in [6.45, 7) is 1.62. The van der Waals surface area contributed by atoms with E-state index in [1.807, 2.05) is 4.90 Å². The number of carbonyl (C=O) groups excluding carboxylic acids is 1. The van der Waals surface area contributed by atoms with E-state index in [-0.39, 0.29) is 22.5 Å². The van der Waals surface area contributed by atoms with E-state index in [0.29, 0.717) is 35.7 Å². The molecule has 2 heterocycles. The fraction of sp³-hybridized carbons (Fsp3) is 0.353. The quantitative estimate of drug-likeness (QED) is 0.666. The minimum atomic E-state index is -3.70. The Morgan fingerprint density at radius 2 is 1.85 bits per heavy atom. The van der Waals surface area contributed by atoms with Crippen LogP contribution in [-0.2, 0) is 14.8 Å². The van der Waals surface area contributed by atoms with E-state index in [0.717, 1.165) is 15.6 Å². The highest BCUT2D eigenvalue weighted by atomic mass is 79.9. The number of sulfonamides is 1. The van der Waals surface area contributed by atoms with Gasteiger partial charge < -0.3 is 9.80 Å². The Morgan fingerprint density at radius 1 is 1.19 bits per heavy atom. The van der Waals surface area contributed by atoms with Crippen molar-refractivity contribution in [2.45, 2.75) is 4.21 Å². The van der Waals surface area contributed by atoms with Crippen molar-refractivity contribution in [1.82, 2.24) is 9.21 Å². The predicted octanol–water partition coefficient (Wildman–Crippen LogP) is 2.62. The highest BCUT2D eigenvalue weighted by Gasteiger charge is 2.28. The van der Waals surface area contributed by atoms with Gasteiger partial charge in [-0.05, 0) is 40.2 Å². The summed E-state index contributed by atoms with van der Waals surface area (Å²) >= 11 is 4.35. The number of thiophene rings is 1. The number of nitrogens with zero attached hydrogens (tertiary/aromatic N) is 3. The molecule has 3 rings (SSSR count). The topological polar surface area (TPSA) is 60.9 Å². The molecule has 1 aliphatic rings. The third-order valence-corrected chi connectivity index (χ3v) is 8.29. The van der Waals surface area contributed by atoms with Gasteiger partial charge >= 0.3 is 0 Å². The van der Waals surface area contributed by atoms with Crippen molar-refractivity contribution < 1.29 is 17.6 Å². The lowest BCUT2D eigenvalue weighted by atomic mass is 10.2. The molecule has 0 radical (unpaired) electrons. The predicted molar refractivity (Wildman–Crippen MR) is 107 cm³/mol. The van der Waals surface area contributed by atoms with Crippen LogP contribution in [0.5, 0.6) is 0 Å². The van der Waals surface area contributed by atoms with Crippen LogP contribution in [0.4, 0.5) is 10.1 Å². The number of anilines is 1. The molecule has 1 amide bonds. The molecular formula is C17H19BrFN3O3S2. The highest BCUT2D eigenvalue weighted by Crippen LogP contribution is 2.28. The van der Waals surface area contributed by atoms with Gasteiger partial charge in [-0.1, -0.05) is 12.1 Å². The normalized spacial score (nSPS) is 15.4. The van der Waals surface area contributed by atoms with Crippen molar-refractivity contribution in [3.63, 3.8) is 0 Å². The largest absolute Gasteiger partial charge is 0.366 e. The summed E-state index contributed by atoms with van der Waals surface area (Å²) in [4.78, 5) is 16.0. The molecule has 1 fully saturated rings. The van der Waals surface area contributed by atoms with Crippen molar-refractivity contribution in [1.29, 1.82) is 0 Å². The van der Waals surface area contributed by atoms with Gasteiger partial charge in [-0.15, -0.1) is 11.3 Å². The van der Waals surface area contributed by atoms with Gasteiger partial charge in [0.05, 0.1) is 16.0 Å². The number of likely N-dealkylation sites (N-methyl/N-ethyl adjacent to an activating group) is 1. The summed E-state index contributed by atoms with van der Waals surface area (Å²) in [5.41, 5.74) is 0.521. The Hall–Kier alpha value is -1.49. The molecule has 1 aliphatic heterocycles. The first-order chi connectivity index (χ1) is 12.8. The van der Waals surface area contributed by atoms with Gasteiger partial charge in [0.25, 0.3) is 10.0 Å². The molecule has 1 aromatic carbocycles. The second kappa shape index (κ2) is 8.26. The number of rotatable bonds is 5. The van der Waals surface area contributed by atoms with Gasteiger partial charge in [-0.25, -0.2) is 12.8 Å². The summed E-state index contributed by atoms with van der Waals surface area (Å²) in [6, 6.07) is 9.72. The molecule has 0 bridgehead atoms. The average molecular weight is 476 g/mol. The van der Waals surface area contributed by atoms with Gasteiger partial charge in [0.1, 0.15) is 10.0 Å². The molecule has 1 aromatic heterocycles. The summed E-state index contributed by atoms with van der Waals surface area (Å²) in [6.07, 6.45) is 0. The number of hydrogen-bond donors (Lipinski definition) is 0. The maximum absolute atomic E-state index is 13.9. The molecular weight excluding hydrogens is 457 g/mol. The summed E-state index contributed by atoms with van der Waals surface area (Å²) in [5, 5.41) is 0. The molecule has 0 aliphatic carbocycles. The number of carbonyl (C=O) groups is 1. The van der Waals surface area contributed by atoms with Crippen LogP contribution in [0.1, 0.15) is 0 Å². The molecule has 0 spiro atoms. The second-order valence-corrected chi connectivity index (χ2v) is 10.9. The number of piperazine rings is 1. The molecule has 0 atom stereocenters. The number of hydrogen-bond acceptors (Lipinski definition) is 5. The number of amides is 1. The number of para-hydroxylation sites is 1. The Morgan fingerprint density at radius 3 is 2.44 bits per heavy atom. The Labute approximate surface area is 170 Å². The van der Waals surface area contributed by atoms with E-state index in [1.54, 1.807) is 29.2 Å². The standard InChI is InChI=1S/C17H19BrFN3O3S2/c1-20(27(24,25)17-7-6-15(18)26-17)12-16(23)22-10-8-21(9-11-22)14-5-3-2-4-13(14)19/h2-7H,8-12H2,1H3. The molecule has 1 saturated heterocycles. The van der Waals surface area contributed by atoms with Crippen LogP contribution < -0.4 is 4.90 Å². The van der Waals surface area contributed by atoms with E-state index < -0.39 is 10.0 Å². The highest BCUT2D eigenvalue weighted by molar-refractivity contribution is 9.11. The van der Waals surface area contributed by atoms with Crippen molar-refractivity contribution in [2.75, 3.05) is 44.7 Å². The van der Waals surface area contributed by atoms with E-state index in [1.165, 1.54) is 19.2 Å². The van der Waals surface area contributed by atoms with Crippen molar-refractivity contribution in [2.24, 2.45) is 0 Å². The first kappa shape index (κ1) is 20.2. The van der Waals surface area contributed by atoms with Crippen LogP contribution in [0.2, 0.25) is 0 Å². The minimum absolute atomic E-state index is 0.189. The lowest BCUT2D eigenvalue weighted by molar-refractivity contribution is -0.131. The summed E-state index contributed by atoms with van der Waals surface area (Å²) in [5.74, 6) is -0.546. The summed E-state index contributed by atoms with van der Waals surface area (Å²) < 4.78 is 40.9. The molecule has 2 aromatic rings. The molecule has 10 heteroatoms. The first-order valence-electron chi connectivity index (χ1n) is 8.28. The van der Waals surface area contributed by atoms with Crippen LogP contribution in [0.25, 0.3) is 0 Å². The molecule has 0 unspecified atom stereocenters. The first-order valence-corrected chi connectivity index (χ1v) is 11.3. The maximum atomic E-state index is 13.9. The molecule has 146 valence electrons. The van der Waals surface area contributed by atoms with E-state index in [4.69, 9.17) is 0 Å². The van der Waals surface area contributed by atoms with E-state index >= 15 is 0 Å². The van der Waals surface area contributed by atoms with Crippen molar-refractivity contribution >= 4 is 48.9 Å². The SMILES string of the molecule is CN(CC(=O)N1CCN(c2ccccc2F)CC1)S(=O)(=O)c1ccc(Br)s1. The average Bonchev–Trinajstić information content (AvgIpc) is 3.09. The Balaban J connectivity index is 1.59. The van der Waals surface area contributed by atoms with Crippen LogP contribution in [0, 0.1) is 5.82 Å². The smallest absolute Gasteiger partial charge is 0.252 e. The van der Waals surface area contributed by atoms with E-state index in [9.17, 15) is 17.6 Å². The molecule has 0 N–H and O–H groups in total. The summed E-state index contributed by atoms with van der Waals surface area (Å²) in [7, 11) is -2.30. The third-order valence-electron chi connectivity index (χ3n) is 4.40. The minimum Gasteiger partial charge on any atom is -0.366 e. The lowest BCUT2D eigenvalue weighted by Crippen LogP contribution is -2.51. The van der Waals surface area contributed by atoms with Crippen molar-refractivity contribution in [3.05, 3.63) is 46.0 Å². The maximum Gasteiger partial charge on any atom is 0.252 e. The van der Waals surface area contributed by atoms with Crippen LogP contribution >= 0.6 is 27.3 Å². The molecule has 27 heavy (non-hydrogen) atoms. The van der Waals surface area contributed by atoms with Gasteiger partial charge in [-0.3, -0.25) is 4.79 Å². The monoisotopic (exact) mass is 475 g/mol. The van der Waals surface area contributed by atoms with Gasteiger partial charge in [0.15, 0.2) is 0 Å². The lowest BCUT2D eigenvalue weighted by Gasteiger charge is -2.36. The van der Waals surface area contributed by atoms with Gasteiger partial charge in [0, 0.05) is 33.2 Å². The number of halogens is 2. The van der Waals surface area contributed by atoms with Gasteiger partial charge in [-0.2, -0.15) is 4.31 Å². The van der Waals surface area contributed by atoms with Crippen molar-refractivity contribution in [3.8, 4) is 0 Å². The fourth-order valence-electron chi connectivity index (χ4n) is 2.87. The fourth-order valence-corrected chi connectivity index (χ4v) is 6.21. The zero-order chi connectivity index (χ0) is 19.6. The van der Waals surface area contributed by atoms with Crippen LogP contribution in [0.15, 0.2) is 44.4 Å².